The number of ether oxygens (including phenoxy) is 1. The van der Waals surface area contributed by atoms with E-state index in [-0.39, 0.29) is 24.3 Å². The second kappa shape index (κ2) is 10.7. The van der Waals surface area contributed by atoms with Gasteiger partial charge < -0.3 is 14.5 Å². The van der Waals surface area contributed by atoms with E-state index in [4.69, 9.17) is 4.74 Å². The highest BCUT2D eigenvalue weighted by Gasteiger charge is 2.44. The lowest BCUT2D eigenvalue weighted by Gasteiger charge is -2.25. The molecule has 38 heavy (non-hydrogen) atoms. The molecule has 7 nitrogen and oxygen atoms in total. The number of thiophene rings is 1. The third-order valence-electron chi connectivity index (χ3n) is 8.12. The van der Waals surface area contributed by atoms with Crippen molar-refractivity contribution in [2.75, 3.05) is 50.8 Å². The summed E-state index contributed by atoms with van der Waals surface area (Å²) in [6.45, 7) is 6.59. The van der Waals surface area contributed by atoms with E-state index in [2.05, 4.69) is 31.9 Å². The number of carbonyl (C=O) groups excluding carboxylic acids is 1. The van der Waals surface area contributed by atoms with Gasteiger partial charge in [0.1, 0.15) is 22.7 Å². The fourth-order valence-electron chi connectivity index (χ4n) is 6.16. The van der Waals surface area contributed by atoms with Crippen molar-refractivity contribution in [3.63, 3.8) is 0 Å². The first kappa shape index (κ1) is 25.4. The number of fused-ring (bicyclic) bond motifs is 1. The Hall–Kier alpha value is -2.85. The number of likely N-dealkylation sites (tertiary alicyclic amines) is 2. The van der Waals surface area contributed by atoms with Gasteiger partial charge in [-0.3, -0.25) is 9.69 Å². The Morgan fingerprint density at radius 2 is 1.84 bits per heavy atom. The van der Waals surface area contributed by atoms with E-state index in [1.54, 1.807) is 6.33 Å². The van der Waals surface area contributed by atoms with Gasteiger partial charge in [-0.1, -0.05) is 12.1 Å². The van der Waals surface area contributed by atoms with Crippen LogP contribution in [0.25, 0.3) is 10.2 Å². The maximum atomic E-state index is 12.9. The lowest BCUT2D eigenvalue weighted by atomic mass is 9.86. The summed E-state index contributed by atoms with van der Waals surface area (Å²) in [6, 6.07) is 9.95. The van der Waals surface area contributed by atoms with E-state index in [9.17, 15) is 13.6 Å². The summed E-state index contributed by atoms with van der Waals surface area (Å²) < 4.78 is 31.6. The average molecular weight is 542 g/mol. The van der Waals surface area contributed by atoms with Gasteiger partial charge in [0.15, 0.2) is 6.61 Å². The molecule has 0 saturated carbocycles. The Bertz CT molecular complexity index is 1280. The van der Waals surface area contributed by atoms with Gasteiger partial charge in [-0.2, -0.15) is 0 Å². The Labute approximate surface area is 225 Å². The molecule has 6 rings (SSSR count). The maximum absolute atomic E-state index is 12.9. The molecule has 3 aromatic rings. The van der Waals surface area contributed by atoms with E-state index < -0.39 is 6.43 Å². The largest absolute Gasteiger partial charge is 0.484 e. The maximum Gasteiger partial charge on any atom is 0.260 e. The van der Waals surface area contributed by atoms with Gasteiger partial charge in [0.05, 0.1) is 5.39 Å². The van der Waals surface area contributed by atoms with E-state index in [1.165, 1.54) is 16.9 Å². The van der Waals surface area contributed by atoms with Crippen LogP contribution in [-0.2, 0) is 17.8 Å². The number of anilines is 1. The molecule has 1 unspecified atom stereocenters. The molecular weight excluding hydrogens is 508 g/mol. The Morgan fingerprint density at radius 1 is 1.05 bits per heavy atom. The van der Waals surface area contributed by atoms with Crippen LogP contribution in [0.4, 0.5) is 14.6 Å². The van der Waals surface area contributed by atoms with Crippen molar-refractivity contribution in [1.82, 2.24) is 19.8 Å². The van der Waals surface area contributed by atoms with Crippen LogP contribution >= 0.6 is 11.3 Å². The van der Waals surface area contributed by atoms with Crippen LogP contribution in [0.3, 0.4) is 0 Å². The van der Waals surface area contributed by atoms with Crippen molar-refractivity contribution in [1.29, 1.82) is 0 Å². The summed E-state index contributed by atoms with van der Waals surface area (Å²) in [4.78, 5) is 29.3. The molecule has 3 aliphatic heterocycles. The minimum atomic E-state index is -2.35. The summed E-state index contributed by atoms with van der Waals surface area (Å²) in [7, 11) is 0. The molecule has 2 aromatic heterocycles. The molecule has 3 saturated heterocycles. The minimum absolute atomic E-state index is 0.0647. The van der Waals surface area contributed by atoms with Gasteiger partial charge >= 0.3 is 0 Å². The molecule has 5 heterocycles. The number of aromatic nitrogens is 2. The zero-order valence-corrected chi connectivity index (χ0v) is 22.3. The highest BCUT2D eigenvalue weighted by atomic mass is 32.1. The van der Waals surface area contributed by atoms with Crippen LogP contribution in [-0.4, -0.2) is 78.0 Å². The average Bonchev–Trinajstić information content (AvgIpc) is 3.71. The summed E-state index contributed by atoms with van der Waals surface area (Å²) in [6.07, 6.45) is 3.37. The normalized spacial score (nSPS) is 22.0. The molecule has 0 radical (unpaired) electrons. The first-order chi connectivity index (χ1) is 18.5. The first-order valence-electron chi connectivity index (χ1n) is 13.4. The number of hydrogen-bond acceptors (Lipinski definition) is 7. The number of benzene rings is 1. The smallest absolute Gasteiger partial charge is 0.260 e. The quantitative estimate of drug-likeness (QED) is 0.415. The molecule has 0 N–H and O–H groups in total. The van der Waals surface area contributed by atoms with Crippen LogP contribution in [0.2, 0.25) is 0 Å². The Balaban J connectivity index is 1.04. The number of amides is 1. The van der Waals surface area contributed by atoms with Gasteiger partial charge in [0, 0.05) is 56.0 Å². The molecule has 0 aliphatic carbocycles. The molecule has 3 fully saturated rings. The van der Waals surface area contributed by atoms with Crippen molar-refractivity contribution in [3.8, 4) is 5.75 Å². The molecule has 3 aliphatic rings. The number of carbonyl (C=O) groups is 1. The van der Waals surface area contributed by atoms with Gasteiger partial charge in [0.25, 0.3) is 5.91 Å². The van der Waals surface area contributed by atoms with E-state index in [0.717, 1.165) is 93.3 Å². The summed E-state index contributed by atoms with van der Waals surface area (Å²) in [5.41, 5.74) is 1.45. The van der Waals surface area contributed by atoms with Crippen molar-refractivity contribution in [2.24, 2.45) is 5.41 Å². The topological polar surface area (TPSA) is 61.8 Å². The lowest BCUT2D eigenvalue weighted by molar-refractivity contribution is -0.132. The predicted octanol–water partition coefficient (Wildman–Crippen LogP) is 4.60. The zero-order chi connectivity index (χ0) is 26.1. The molecule has 10 heteroatoms. The van der Waals surface area contributed by atoms with Crippen LogP contribution in [0.15, 0.2) is 36.7 Å². The van der Waals surface area contributed by atoms with Crippen molar-refractivity contribution in [2.45, 2.75) is 45.1 Å². The molecular formula is C28H33F2N5O2S. The second-order valence-corrected chi connectivity index (χ2v) is 12.0. The van der Waals surface area contributed by atoms with Crippen LogP contribution in [0.5, 0.6) is 5.75 Å². The highest BCUT2D eigenvalue weighted by Crippen LogP contribution is 2.43. The fraction of sp³-hybridized carbons (Fsp3) is 0.536. The molecule has 1 spiro atoms. The number of halogens is 2. The summed E-state index contributed by atoms with van der Waals surface area (Å²) >= 11 is 1.34. The monoisotopic (exact) mass is 541 g/mol. The van der Waals surface area contributed by atoms with Crippen molar-refractivity contribution < 1.29 is 18.3 Å². The molecule has 0 bridgehead atoms. The Morgan fingerprint density at radius 3 is 2.63 bits per heavy atom. The lowest BCUT2D eigenvalue weighted by Crippen LogP contribution is -2.32. The summed E-state index contributed by atoms with van der Waals surface area (Å²) in [5.74, 6) is 1.67. The van der Waals surface area contributed by atoms with Crippen LogP contribution < -0.4 is 9.64 Å². The van der Waals surface area contributed by atoms with Gasteiger partial charge in [-0.05, 0) is 56.0 Å². The standard InChI is InChI=1S/C28H33F2N5O2S/c29-24(30)14-22-13-23-26(31-19-32-27(23)38-22)35-12-8-28(18-35)7-11-33(17-28)15-20-3-5-21(6-4-20)37-16-25(36)34-9-1-2-10-34/h3-6,13,19,24H,1-2,7-12,14-18H2. The number of hydrogen-bond donors (Lipinski definition) is 0. The Kier molecular flexibility index (Phi) is 7.18. The number of rotatable bonds is 8. The fourth-order valence-corrected chi connectivity index (χ4v) is 7.16. The van der Waals surface area contributed by atoms with Gasteiger partial charge in [-0.25, -0.2) is 18.7 Å². The number of alkyl halides is 2. The van der Waals surface area contributed by atoms with Crippen molar-refractivity contribution >= 4 is 33.3 Å². The number of nitrogens with zero attached hydrogens (tertiary/aromatic N) is 5. The van der Waals surface area contributed by atoms with E-state index >= 15 is 0 Å². The molecule has 202 valence electrons. The molecule has 1 aromatic carbocycles. The zero-order valence-electron chi connectivity index (χ0n) is 21.5. The van der Waals surface area contributed by atoms with E-state index in [1.807, 2.05) is 23.1 Å². The van der Waals surface area contributed by atoms with Crippen LogP contribution in [0.1, 0.15) is 36.1 Å². The first-order valence-corrected chi connectivity index (χ1v) is 14.3. The second-order valence-electron chi connectivity index (χ2n) is 10.9. The SMILES string of the molecule is O=C(COc1ccc(CN2CCC3(CCN(c4ncnc5sc(CC(F)F)cc45)C3)C2)cc1)N1CCCC1. The minimum Gasteiger partial charge on any atom is -0.484 e. The third-order valence-corrected chi connectivity index (χ3v) is 9.19. The van der Waals surface area contributed by atoms with Crippen molar-refractivity contribution in [3.05, 3.63) is 47.1 Å². The third kappa shape index (κ3) is 5.47. The molecule has 1 atom stereocenters. The van der Waals surface area contributed by atoms with E-state index in [0.29, 0.717) is 4.88 Å². The van der Waals surface area contributed by atoms with Gasteiger partial charge in [0.2, 0.25) is 6.43 Å². The van der Waals surface area contributed by atoms with Gasteiger partial charge in [-0.15, -0.1) is 11.3 Å². The molecule has 1 amide bonds. The predicted molar refractivity (Wildman–Crippen MR) is 144 cm³/mol. The summed E-state index contributed by atoms with van der Waals surface area (Å²) in [5, 5.41) is 0.893. The highest BCUT2D eigenvalue weighted by molar-refractivity contribution is 7.18. The van der Waals surface area contributed by atoms with Crippen LogP contribution in [0, 0.1) is 5.41 Å².